The first kappa shape index (κ1) is 15.6. The molecule has 0 bridgehead atoms. The zero-order valence-corrected chi connectivity index (χ0v) is 12.6. The Morgan fingerprint density at radius 3 is 2.67 bits per heavy atom. The summed E-state index contributed by atoms with van der Waals surface area (Å²) >= 11 is 3.28. The lowest BCUT2D eigenvalue weighted by atomic mass is 10.2. The summed E-state index contributed by atoms with van der Waals surface area (Å²) in [5.41, 5.74) is 1.15. The van der Waals surface area contributed by atoms with E-state index in [4.69, 9.17) is 9.84 Å². The van der Waals surface area contributed by atoms with Gasteiger partial charge in [0.25, 0.3) is 0 Å². The molecular weight excluding hydrogens is 322 g/mol. The van der Waals surface area contributed by atoms with E-state index >= 15 is 0 Å². The number of ether oxygens (including phenoxy) is 1. The van der Waals surface area contributed by atoms with Crippen LogP contribution in [0, 0.1) is 6.92 Å². The van der Waals surface area contributed by atoms with Crippen molar-refractivity contribution in [1.29, 1.82) is 0 Å². The molecule has 0 fully saturated rings. The van der Waals surface area contributed by atoms with Gasteiger partial charge < -0.3 is 9.84 Å². The number of halogens is 1. The summed E-state index contributed by atoms with van der Waals surface area (Å²) in [5, 5.41) is 9.10. The van der Waals surface area contributed by atoms with Gasteiger partial charge in [0, 0.05) is 18.1 Å². The van der Waals surface area contributed by atoms with Crippen molar-refractivity contribution in [3.05, 3.63) is 27.7 Å². The molecule has 0 saturated heterocycles. The highest BCUT2D eigenvalue weighted by molar-refractivity contribution is 9.10. The number of rotatable bonds is 6. The van der Waals surface area contributed by atoms with Gasteiger partial charge >= 0.3 is 0 Å². The normalized spacial score (nSPS) is 11.8. The van der Waals surface area contributed by atoms with Gasteiger partial charge in [-0.1, -0.05) is 15.9 Å². The number of benzene rings is 1. The molecule has 0 atom stereocenters. The molecule has 0 unspecified atom stereocenters. The number of aliphatic hydroxyl groups excluding tert-OH is 1. The second-order valence-electron chi connectivity index (χ2n) is 3.75. The molecule has 7 heteroatoms. The highest BCUT2D eigenvalue weighted by Gasteiger charge is 2.18. The van der Waals surface area contributed by atoms with Crippen molar-refractivity contribution >= 4 is 26.0 Å². The van der Waals surface area contributed by atoms with Crippen LogP contribution in [-0.2, 0) is 21.4 Å². The maximum atomic E-state index is 12.1. The summed E-state index contributed by atoms with van der Waals surface area (Å²) in [4.78, 5) is 0.164. The van der Waals surface area contributed by atoms with Crippen molar-refractivity contribution in [3.63, 3.8) is 0 Å². The van der Waals surface area contributed by atoms with Crippen LogP contribution < -0.4 is 4.72 Å². The average molecular weight is 338 g/mol. The van der Waals surface area contributed by atoms with Gasteiger partial charge in [-0.15, -0.1) is 0 Å². The van der Waals surface area contributed by atoms with E-state index in [1.165, 1.54) is 13.2 Å². The molecule has 0 radical (unpaired) electrons. The van der Waals surface area contributed by atoms with E-state index in [9.17, 15) is 8.42 Å². The van der Waals surface area contributed by atoms with Crippen LogP contribution in [0.5, 0.6) is 0 Å². The summed E-state index contributed by atoms with van der Waals surface area (Å²) in [6.45, 7) is 2.01. The maximum absolute atomic E-state index is 12.1. The predicted octanol–water partition coefficient (Wildman–Crippen LogP) is 1.17. The van der Waals surface area contributed by atoms with Crippen LogP contribution in [0.3, 0.4) is 0 Å². The van der Waals surface area contributed by atoms with Gasteiger partial charge in [-0.3, -0.25) is 0 Å². The minimum absolute atomic E-state index is 0.164. The third-order valence-corrected chi connectivity index (χ3v) is 4.84. The molecule has 0 aliphatic heterocycles. The van der Waals surface area contributed by atoms with E-state index in [2.05, 4.69) is 20.7 Å². The van der Waals surface area contributed by atoms with Crippen molar-refractivity contribution in [2.24, 2.45) is 0 Å². The average Bonchev–Trinajstić information content (AvgIpc) is 2.32. The minimum atomic E-state index is -3.59. The molecule has 0 aromatic heterocycles. The van der Waals surface area contributed by atoms with Crippen LogP contribution in [0.1, 0.15) is 11.1 Å². The third kappa shape index (κ3) is 3.76. The fourth-order valence-corrected chi connectivity index (χ4v) is 3.40. The molecule has 0 saturated carbocycles. The lowest BCUT2D eigenvalue weighted by Crippen LogP contribution is -2.28. The van der Waals surface area contributed by atoms with Crippen molar-refractivity contribution in [2.45, 2.75) is 18.4 Å². The molecule has 1 aromatic carbocycles. The second kappa shape index (κ2) is 6.63. The first-order valence-electron chi connectivity index (χ1n) is 5.31. The van der Waals surface area contributed by atoms with Gasteiger partial charge in [-0.2, -0.15) is 0 Å². The molecule has 1 aromatic rings. The first-order chi connectivity index (χ1) is 8.42. The van der Waals surface area contributed by atoms with Crippen LogP contribution in [0.15, 0.2) is 21.5 Å². The van der Waals surface area contributed by atoms with Crippen molar-refractivity contribution < 1.29 is 18.3 Å². The van der Waals surface area contributed by atoms with Gasteiger partial charge in [0.05, 0.1) is 18.1 Å². The second-order valence-corrected chi connectivity index (χ2v) is 6.34. The Bertz CT molecular complexity index is 516. The predicted molar refractivity (Wildman–Crippen MR) is 71.9 cm³/mol. The largest absolute Gasteiger partial charge is 0.392 e. The van der Waals surface area contributed by atoms with Crippen molar-refractivity contribution in [3.8, 4) is 0 Å². The molecule has 5 nitrogen and oxygen atoms in total. The smallest absolute Gasteiger partial charge is 0.240 e. The summed E-state index contributed by atoms with van der Waals surface area (Å²) in [5.74, 6) is 0. The van der Waals surface area contributed by atoms with Gasteiger partial charge in [0.1, 0.15) is 0 Å². The van der Waals surface area contributed by atoms with Gasteiger partial charge in [-0.05, 0) is 30.2 Å². The van der Waals surface area contributed by atoms with Crippen LogP contribution in [0.2, 0.25) is 0 Å². The topological polar surface area (TPSA) is 75.6 Å². The highest BCUT2D eigenvalue weighted by Crippen LogP contribution is 2.25. The van der Waals surface area contributed by atoms with Crippen molar-refractivity contribution in [1.82, 2.24) is 4.72 Å². The Kier molecular flexibility index (Phi) is 5.74. The van der Waals surface area contributed by atoms with E-state index in [1.54, 1.807) is 13.0 Å². The Hall–Kier alpha value is -0.470. The number of nitrogens with one attached hydrogen (secondary N) is 1. The number of hydrogen-bond donors (Lipinski definition) is 2. The summed E-state index contributed by atoms with van der Waals surface area (Å²) in [7, 11) is -2.09. The Labute approximate surface area is 115 Å². The molecular formula is C11H16BrNO4S. The Balaban J connectivity index is 3.11. The summed E-state index contributed by atoms with van der Waals surface area (Å²) in [6, 6.07) is 3.17. The summed E-state index contributed by atoms with van der Waals surface area (Å²) in [6.07, 6.45) is 0. The molecule has 0 amide bonds. The molecule has 0 heterocycles. The van der Waals surface area contributed by atoms with Crippen LogP contribution in [0.4, 0.5) is 0 Å². The molecule has 0 spiro atoms. The molecule has 1 rings (SSSR count). The molecule has 0 aliphatic rings. The molecule has 0 aliphatic carbocycles. The lowest BCUT2D eigenvalue weighted by molar-refractivity contribution is 0.204. The van der Waals surface area contributed by atoms with Crippen molar-refractivity contribution in [2.75, 3.05) is 20.3 Å². The number of sulfonamides is 1. The SMILES string of the molecule is COCCNS(=O)(=O)c1cc(CO)cc(Br)c1C. The Morgan fingerprint density at radius 2 is 2.11 bits per heavy atom. The van der Waals surface area contributed by atoms with E-state index in [0.29, 0.717) is 22.2 Å². The fourth-order valence-electron chi connectivity index (χ4n) is 1.43. The summed E-state index contributed by atoms with van der Waals surface area (Å²) < 4.78 is 32.0. The number of methoxy groups -OCH3 is 1. The number of hydrogen-bond acceptors (Lipinski definition) is 4. The Morgan fingerprint density at radius 1 is 1.44 bits per heavy atom. The minimum Gasteiger partial charge on any atom is -0.392 e. The first-order valence-corrected chi connectivity index (χ1v) is 7.58. The highest BCUT2D eigenvalue weighted by atomic mass is 79.9. The third-order valence-electron chi connectivity index (χ3n) is 2.43. The quantitative estimate of drug-likeness (QED) is 0.764. The fraction of sp³-hybridized carbons (Fsp3) is 0.455. The monoisotopic (exact) mass is 337 g/mol. The maximum Gasteiger partial charge on any atom is 0.240 e. The standard InChI is InChI=1S/C11H16BrNO4S/c1-8-10(12)5-9(7-14)6-11(8)18(15,16)13-3-4-17-2/h5-6,13-14H,3-4,7H2,1-2H3. The van der Waals surface area contributed by atoms with E-state index < -0.39 is 10.0 Å². The number of aliphatic hydroxyl groups is 1. The lowest BCUT2D eigenvalue weighted by Gasteiger charge is -2.12. The zero-order valence-electron chi connectivity index (χ0n) is 10.2. The van der Waals surface area contributed by atoms with Crippen LogP contribution in [-0.4, -0.2) is 33.8 Å². The van der Waals surface area contributed by atoms with E-state index in [0.717, 1.165) is 0 Å². The zero-order chi connectivity index (χ0) is 13.8. The van der Waals surface area contributed by atoms with Gasteiger partial charge in [0.15, 0.2) is 0 Å². The van der Waals surface area contributed by atoms with E-state index in [1.807, 2.05) is 0 Å². The molecule has 18 heavy (non-hydrogen) atoms. The van der Waals surface area contributed by atoms with Crippen LogP contribution in [0.25, 0.3) is 0 Å². The van der Waals surface area contributed by atoms with E-state index in [-0.39, 0.29) is 18.0 Å². The van der Waals surface area contributed by atoms with Crippen LogP contribution >= 0.6 is 15.9 Å². The molecule has 2 N–H and O–H groups in total. The molecule has 102 valence electrons. The van der Waals surface area contributed by atoms with Gasteiger partial charge in [0.2, 0.25) is 10.0 Å². The van der Waals surface area contributed by atoms with Gasteiger partial charge in [-0.25, -0.2) is 13.1 Å².